The van der Waals surface area contributed by atoms with Crippen molar-refractivity contribution in [2.24, 2.45) is 0 Å². The first-order valence-electron chi connectivity index (χ1n) is 6.14. The highest BCUT2D eigenvalue weighted by Gasteiger charge is 2.20. The summed E-state index contributed by atoms with van der Waals surface area (Å²) in [6.45, 7) is 1.93. The lowest BCUT2D eigenvalue weighted by Gasteiger charge is -2.20. The SMILES string of the molecule is CS[C@H](C)C(=O)N[C@@H](c1ccccc1)c1cccs1. The summed E-state index contributed by atoms with van der Waals surface area (Å²) in [7, 11) is 0. The van der Waals surface area contributed by atoms with E-state index in [9.17, 15) is 4.79 Å². The van der Waals surface area contributed by atoms with Crippen molar-refractivity contribution in [2.75, 3.05) is 6.26 Å². The number of hydrogen-bond donors (Lipinski definition) is 1. The summed E-state index contributed by atoms with van der Waals surface area (Å²) in [6.07, 6.45) is 1.95. The van der Waals surface area contributed by atoms with Crippen LogP contribution < -0.4 is 5.32 Å². The van der Waals surface area contributed by atoms with Crippen molar-refractivity contribution in [3.05, 3.63) is 58.3 Å². The fourth-order valence-corrected chi connectivity index (χ4v) is 2.87. The van der Waals surface area contributed by atoms with E-state index in [-0.39, 0.29) is 17.2 Å². The molecule has 0 aliphatic heterocycles. The quantitative estimate of drug-likeness (QED) is 0.910. The van der Waals surface area contributed by atoms with Gasteiger partial charge in [-0.1, -0.05) is 36.4 Å². The molecule has 2 atom stereocenters. The molecule has 2 rings (SSSR count). The van der Waals surface area contributed by atoms with Gasteiger partial charge in [-0.15, -0.1) is 11.3 Å². The van der Waals surface area contributed by atoms with Gasteiger partial charge < -0.3 is 5.32 Å². The van der Waals surface area contributed by atoms with E-state index in [1.165, 1.54) is 0 Å². The van der Waals surface area contributed by atoms with Gasteiger partial charge in [-0.3, -0.25) is 4.79 Å². The number of rotatable bonds is 5. The summed E-state index contributed by atoms with van der Waals surface area (Å²) in [5.74, 6) is 0.0785. The Bertz CT molecular complexity index is 510. The summed E-state index contributed by atoms with van der Waals surface area (Å²) >= 11 is 3.22. The van der Waals surface area contributed by atoms with Crippen molar-refractivity contribution < 1.29 is 4.79 Å². The van der Waals surface area contributed by atoms with Crippen LogP contribution in [0.2, 0.25) is 0 Å². The van der Waals surface area contributed by atoms with Gasteiger partial charge in [0.2, 0.25) is 5.91 Å². The third-order valence-corrected chi connectivity index (χ3v) is 4.83. The molecule has 2 aromatic rings. The lowest BCUT2D eigenvalue weighted by atomic mass is 10.1. The molecule has 0 aliphatic carbocycles. The Morgan fingerprint density at radius 1 is 1.21 bits per heavy atom. The predicted octanol–water partition coefficient (Wildman–Crippen LogP) is 3.71. The van der Waals surface area contributed by atoms with Crippen molar-refractivity contribution in [2.45, 2.75) is 18.2 Å². The number of thioether (sulfide) groups is 1. The van der Waals surface area contributed by atoms with Crippen molar-refractivity contribution in [1.82, 2.24) is 5.32 Å². The molecule has 0 saturated heterocycles. The predicted molar refractivity (Wildman–Crippen MR) is 83.7 cm³/mol. The maximum Gasteiger partial charge on any atom is 0.233 e. The number of carbonyl (C=O) groups excluding carboxylic acids is 1. The summed E-state index contributed by atoms with van der Waals surface area (Å²) in [6, 6.07) is 14.1. The summed E-state index contributed by atoms with van der Waals surface area (Å²) in [4.78, 5) is 13.3. The second-order valence-electron chi connectivity index (χ2n) is 4.25. The number of thiophene rings is 1. The number of nitrogens with one attached hydrogen (secondary N) is 1. The van der Waals surface area contributed by atoms with E-state index in [0.717, 1.165) is 10.4 Å². The highest BCUT2D eigenvalue weighted by molar-refractivity contribution is 7.99. The van der Waals surface area contributed by atoms with Gasteiger partial charge in [-0.05, 0) is 30.2 Å². The molecule has 19 heavy (non-hydrogen) atoms. The minimum atomic E-state index is -0.0525. The highest BCUT2D eigenvalue weighted by atomic mass is 32.2. The van der Waals surface area contributed by atoms with Crippen LogP contribution in [0.25, 0.3) is 0 Å². The van der Waals surface area contributed by atoms with Gasteiger partial charge in [0.25, 0.3) is 0 Å². The Balaban J connectivity index is 2.24. The minimum absolute atomic E-state index is 0.0359. The molecule has 1 amide bonds. The van der Waals surface area contributed by atoms with Gasteiger partial charge >= 0.3 is 0 Å². The molecule has 0 aliphatic rings. The molecule has 1 heterocycles. The number of benzene rings is 1. The molecule has 0 unspecified atom stereocenters. The van der Waals surface area contributed by atoms with Crippen LogP contribution in [0.1, 0.15) is 23.4 Å². The van der Waals surface area contributed by atoms with Crippen molar-refractivity contribution >= 4 is 29.0 Å². The molecule has 1 N–H and O–H groups in total. The smallest absolute Gasteiger partial charge is 0.233 e. The second kappa shape index (κ2) is 6.78. The van der Waals surface area contributed by atoms with E-state index in [1.54, 1.807) is 23.1 Å². The molecule has 0 saturated carbocycles. The zero-order valence-corrected chi connectivity index (χ0v) is 12.6. The zero-order valence-electron chi connectivity index (χ0n) is 11.0. The summed E-state index contributed by atoms with van der Waals surface area (Å²) in [5, 5.41) is 5.14. The standard InChI is InChI=1S/C15H17NOS2/c1-11(18-2)15(17)16-14(13-9-6-10-19-13)12-7-4-3-5-8-12/h3-11,14H,1-2H3,(H,16,17)/t11-,14+/m1/s1. The van der Waals surface area contributed by atoms with Crippen molar-refractivity contribution in [3.8, 4) is 0 Å². The molecular formula is C15H17NOS2. The summed E-state index contributed by atoms with van der Waals surface area (Å²) < 4.78 is 0. The third kappa shape index (κ3) is 3.61. The van der Waals surface area contributed by atoms with E-state index >= 15 is 0 Å². The second-order valence-corrected chi connectivity index (χ2v) is 6.40. The maximum absolute atomic E-state index is 12.1. The monoisotopic (exact) mass is 291 g/mol. The minimum Gasteiger partial charge on any atom is -0.343 e. The van der Waals surface area contributed by atoms with Crippen LogP contribution in [-0.2, 0) is 4.79 Å². The molecular weight excluding hydrogens is 274 g/mol. The Hall–Kier alpha value is -1.26. The van der Waals surface area contributed by atoms with Crippen molar-refractivity contribution in [1.29, 1.82) is 0 Å². The largest absolute Gasteiger partial charge is 0.343 e. The Kier molecular flexibility index (Phi) is 5.05. The topological polar surface area (TPSA) is 29.1 Å². The van der Waals surface area contributed by atoms with E-state index in [1.807, 2.05) is 42.8 Å². The molecule has 1 aromatic carbocycles. The number of carbonyl (C=O) groups is 1. The van der Waals surface area contributed by atoms with E-state index in [2.05, 4.69) is 23.5 Å². The first-order chi connectivity index (χ1) is 9.22. The van der Waals surface area contributed by atoms with Gasteiger partial charge in [0, 0.05) is 4.88 Å². The Labute approximate surface area is 122 Å². The molecule has 0 bridgehead atoms. The summed E-state index contributed by atoms with van der Waals surface area (Å²) in [5.41, 5.74) is 1.12. The van der Waals surface area contributed by atoms with Gasteiger partial charge in [0.05, 0.1) is 11.3 Å². The number of hydrogen-bond acceptors (Lipinski definition) is 3. The van der Waals surface area contributed by atoms with Crippen LogP contribution in [0.5, 0.6) is 0 Å². The van der Waals surface area contributed by atoms with Gasteiger partial charge in [0.15, 0.2) is 0 Å². The van der Waals surface area contributed by atoms with Crippen LogP contribution >= 0.6 is 23.1 Å². The van der Waals surface area contributed by atoms with Gasteiger partial charge in [-0.25, -0.2) is 0 Å². The van der Waals surface area contributed by atoms with Crippen LogP contribution in [0, 0.1) is 0 Å². The average Bonchev–Trinajstić information content (AvgIpc) is 2.98. The fraction of sp³-hybridized carbons (Fsp3) is 0.267. The highest BCUT2D eigenvalue weighted by Crippen LogP contribution is 2.26. The Morgan fingerprint density at radius 2 is 1.95 bits per heavy atom. The van der Waals surface area contributed by atoms with Crippen LogP contribution in [0.4, 0.5) is 0 Å². The zero-order chi connectivity index (χ0) is 13.7. The lowest BCUT2D eigenvalue weighted by molar-refractivity contribution is -0.120. The molecule has 1 aromatic heterocycles. The Morgan fingerprint density at radius 3 is 2.53 bits per heavy atom. The molecule has 0 radical (unpaired) electrons. The van der Waals surface area contributed by atoms with Gasteiger partial charge in [-0.2, -0.15) is 11.8 Å². The number of amides is 1. The first-order valence-corrected chi connectivity index (χ1v) is 8.30. The first kappa shape index (κ1) is 14.2. The van der Waals surface area contributed by atoms with Crippen LogP contribution in [-0.4, -0.2) is 17.4 Å². The molecule has 0 spiro atoms. The maximum atomic E-state index is 12.1. The molecule has 2 nitrogen and oxygen atoms in total. The van der Waals surface area contributed by atoms with Crippen molar-refractivity contribution in [3.63, 3.8) is 0 Å². The lowest BCUT2D eigenvalue weighted by Crippen LogP contribution is -2.34. The fourth-order valence-electron chi connectivity index (χ4n) is 1.79. The average molecular weight is 291 g/mol. The molecule has 100 valence electrons. The van der Waals surface area contributed by atoms with E-state index in [0.29, 0.717) is 0 Å². The van der Waals surface area contributed by atoms with E-state index in [4.69, 9.17) is 0 Å². The normalized spacial score (nSPS) is 13.8. The van der Waals surface area contributed by atoms with Crippen LogP contribution in [0.15, 0.2) is 47.8 Å². The van der Waals surface area contributed by atoms with E-state index < -0.39 is 0 Å². The molecule has 0 fully saturated rings. The van der Waals surface area contributed by atoms with Crippen LogP contribution in [0.3, 0.4) is 0 Å². The molecule has 4 heteroatoms. The van der Waals surface area contributed by atoms with Gasteiger partial charge in [0.1, 0.15) is 0 Å². The third-order valence-electron chi connectivity index (χ3n) is 2.97.